The molecule has 3 nitrogen and oxygen atoms in total. The fourth-order valence-electron chi connectivity index (χ4n) is 2.25. The molecule has 0 spiro atoms. The number of furan rings is 1. The van der Waals surface area contributed by atoms with Crippen LogP contribution in [0.4, 0.5) is 0 Å². The molecule has 0 saturated heterocycles. The molecule has 1 aromatic carbocycles. The lowest BCUT2D eigenvalue weighted by Gasteiger charge is -2.17. The maximum atomic E-state index is 5.65. The Balaban J connectivity index is 2.00. The van der Waals surface area contributed by atoms with Crippen LogP contribution in [-0.2, 0) is 19.6 Å². The first-order chi connectivity index (χ1) is 9.08. The Morgan fingerprint density at radius 3 is 2.47 bits per heavy atom. The normalized spacial score (nSPS) is 11.2. The molecule has 0 aliphatic heterocycles. The lowest BCUT2D eigenvalue weighted by atomic mass is 10.0. The first-order valence-electron chi connectivity index (χ1n) is 6.61. The summed E-state index contributed by atoms with van der Waals surface area (Å²) in [6, 6.07) is 10.5. The standard InChI is InChI=1S/C16H22N2O/c1-12-8-14(9-17)5-6-15(12)10-18(3)11-16-7-4-13(2)19-16/h4-8H,9-11,17H2,1-3H3. The van der Waals surface area contributed by atoms with Crippen LogP contribution < -0.4 is 5.73 Å². The molecule has 0 aliphatic carbocycles. The lowest BCUT2D eigenvalue weighted by Crippen LogP contribution is -2.17. The molecule has 3 heteroatoms. The molecule has 1 heterocycles. The molecule has 0 aliphatic rings. The zero-order chi connectivity index (χ0) is 13.8. The van der Waals surface area contributed by atoms with Crippen LogP contribution in [0.3, 0.4) is 0 Å². The Hall–Kier alpha value is -1.58. The predicted molar refractivity (Wildman–Crippen MR) is 77.7 cm³/mol. The van der Waals surface area contributed by atoms with Gasteiger partial charge in [0.15, 0.2) is 0 Å². The van der Waals surface area contributed by atoms with Crippen LogP contribution in [-0.4, -0.2) is 11.9 Å². The van der Waals surface area contributed by atoms with E-state index in [1.54, 1.807) is 0 Å². The van der Waals surface area contributed by atoms with E-state index in [-0.39, 0.29) is 0 Å². The average Bonchev–Trinajstić information content (AvgIpc) is 2.77. The Labute approximate surface area is 115 Å². The van der Waals surface area contributed by atoms with Gasteiger partial charge in [-0.1, -0.05) is 18.2 Å². The van der Waals surface area contributed by atoms with Gasteiger partial charge in [-0.3, -0.25) is 4.90 Å². The molecule has 0 atom stereocenters. The molecule has 0 fully saturated rings. The third kappa shape index (κ3) is 3.69. The van der Waals surface area contributed by atoms with Crippen LogP contribution in [0.5, 0.6) is 0 Å². The zero-order valence-corrected chi connectivity index (χ0v) is 11.9. The summed E-state index contributed by atoms with van der Waals surface area (Å²) >= 11 is 0. The Bertz CT molecular complexity index is 545. The average molecular weight is 258 g/mol. The van der Waals surface area contributed by atoms with E-state index in [0.29, 0.717) is 6.54 Å². The van der Waals surface area contributed by atoms with Crippen molar-refractivity contribution in [2.24, 2.45) is 5.73 Å². The minimum atomic E-state index is 0.600. The van der Waals surface area contributed by atoms with Gasteiger partial charge < -0.3 is 10.2 Å². The van der Waals surface area contributed by atoms with E-state index in [1.807, 2.05) is 19.1 Å². The monoisotopic (exact) mass is 258 g/mol. The lowest BCUT2D eigenvalue weighted by molar-refractivity contribution is 0.285. The van der Waals surface area contributed by atoms with E-state index in [9.17, 15) is 0 Å². The fraction of sp³-hybridized carbons (Fsp3) is 0.375. The third-order valence-corrected chi connectivity index (χ3v) is 3.30. The summed E-state index contributed by atoms with van der Waals surface area (Å²) < 4.78 is 5.60. The van der Waals surface area contributed by atoms with Gasteiger partial charge in [-0.05, 0) is 49.7 Å². The van der Waals surface area contributed by atoms with Crippen molar-refractivity contribution in [3.63, 3.8) is 0 Å². The van der Waals surface area contributed by atoms with Gasteiger partial charge in [-0.15, -0.1) is 0 Å². The van der Waals surface area contributed by atoms with Crippen molar-refractivity contribution in [1.29, 1.82) is 0 Å². The molecule has 0 saturated carbocycles. The van der Waals surface area contributed by atoms with E-state index < -0.39 is 0 Å². The van der Waals surface area contributed by atoms with Crippen molar-refractivity contribution in [3.05, 3.63) is 58.5 Å². The van der Waals surface area contributed by atoms with Gasteiger partial charge in [-0.25, -0.2) is 0 Å². The van der Waals surface area contributed by atoms with E-state index >= 15 is 0 Å². The fourth-order valence-corrected chi connectivity index (χ4v) is 2.25. The molecular weight excluding hydrogens is 236 g/mol. The smallest absolute Gasteiger partial charge is 0.118 e. The van der Waals surface area contributed by atoms with Gasteiger partial charge >= 0.3 is 0 Å². The summed E-state index contributed by atoms with van der Waals surface area (Å²) in [5.74, 6) is 1.98. The van der Waals surface area contributed by atoms with Crippen LogP contribution in [0, 0.1) is 13.8 Å². The van der Waals surface area contributed by atoms with Crippen LogP contribution in [0.1, 0.15) is 28.2 Å². The van der Waals surface area contributed by atoms with Gasteiger partial charge in [-0.2, -0.15) is 0 Å². The molecule has 19 heavy (non-hydrogen) atoms. The summed E-state index contributed by atoms with van der Waals surface area (Å²) in [5, 5.41) is 0. The van der Waals surface area contributed by atoms with E-state index in [4.69, 9.17) is 10.2 Å². The second kappa shape index (κ2) is 6.04. The highest BCUT2D eigenvalue weighted by molar-refractivity contribution is 5.31. The van der Waals surface area contributed by atoms with Crippen LogP contribution in [0.25, 0.3) is 0 Å². The molecule has 0 radical (unpaired) electrons. The quantitative estimate of drug-likeness (QED) is 0.896. The molecular formula is C16H22N2O. The summed E-state index contributed by atoms with van der Waals surface area (Å²) in [7, 11) is 2.11. The summed E-state index contributed by atoms with van der Waals surface area (Å²) in [6.07, 6.45) is 0. The summed E-state index contributed by atoms with van der Waals surface area (Å²) in [5.41, 5.74) is 9.47. The number of hydrogen-bond donors (Lipinski definition) is 1. The SMILES string of the molecule is Cc1ccc(CN(C)Cc2ccc(CN)cc2C)o1. The first kappa shape index (κ1) is 13.8. The van der Waals surface area contributed by atoms with Crippen molar-refractivity contribution < 1.29 is 4.42 Å². The predicted octanol–water partition coefficient (Wildman–Crippen LogP) is 2.99. The number of nitrogens with zero attached hydrogens (tertiary/aromatic N) is 1. The van der Waals surface area contributed by atoms with Crippen molar-refractivity contribution in [1.82, 2.24) is 4.90 Å². The molecule has 2 rings (SSSR count). The highest BCUT2D eigenvalue weighted by atomic mass is 16.3. The second-order valence-corrected chi connectivity index (χ2v) is 5.15. The van der Waals surface area contributed by atoms with Gasteiger partial charge in [0, 0.05) is 13.1 Å². The Morgan fingerprint density at radius 1 is 1.11 bits per heavy atom. The number of aryl methyl sites for hydroxylation is 2. The van der Waals surface area contributed by atoms with Crippen molar-refractivity contribution >= 4 is 0 Å². The van der Waals surface area contributed by atoms with Gasteiger partial charge in [0.05, 0.1) is 6.54 Å². The molecule has 102 valence electrons. The van der Waals surface area contributed by atoms with Gasteiger partial charge in [0.25, 0.3) is 0 Å². The van der Waals surface area contributed by atoms with Crippen LogP contribution in [0.2, 0.25) is 0 Å². The van der Waals surface area contributed by atoms with Gasteiger partial charge in [0.2, 0.25) is 0 Å². The largest absolute Gasteiger partial charge is 0.465 e. The minimum absolute atomic E-state index is 0.600. The number of benzene rings is 1. The second-order valence-electron chi connectivity index (χ2n) is 5.15. The molecule has 0 amide bonds. The maximum absolute atomic E-state index is 5.65. The Kier molecular flexibility index (Phi) is 4.40. The minimum Gasteiger partial charge on any atom is -0.465 e. The van der Waals surface area contributed by atoms with Crippen molar-refractivity contribution in [2.45, 2.75) is 33.5 Å². The molecule has 1 aromatic heterocycles. The molecule has 0 bridgehead atoms. The first-order valence-corrected chi connectivity index (χ1v) is 6.61. The highest BCUT2D eigenvalue weighted by Gasteiger charge is 2.07. The highest BCUT2D eigenvalue weighted by Crippen LogP contribution is 2.15. The third-order valence-electron chi connectivity index (χ3n) is 3.30. The topological polar surface area (TPSA) is 42.4 Å². The van der Waals surface area contributed by atoms with Crippen LogP contribution >= 0.6 is 0 Å². The zero-order valence-electron chi connectivity index (χ0n) is 11.9. The number of rotatable bonds is 5. The maximum Gasteiger partial charge on any atom is 0.118 e. The van der Waals surface area contributed by atoms with Crippen molar-refractivity contribution in [2.75, 3.05) is 7.05 Å². The molecule has 2 aromatic rings. The summed E-state index contributed by atoms with van der Waals surface area (Å²) in [4.78, 5) is 2.25. The van der Waals surface area contributed by atoms with E-state index in [2.05, 4.69) is 37.1 Å². The molecule has 2 N–H and O–H groups in total. The molecule has 0 unspecified atom stereocenters. The van der Waals surface area contributed by atoms with E-state index in [0.717, 1.165) is 24.6 Å². The number of hydrogen-bond acceptors (Lipinski definition) is 3. The summed E-state index contributed by atoms with van der Waals surface area (Å²) in [6.45, 7) is 6.45. The van der Waals surface area contributed by atoms with Crippen molar-refractivity contribution in [3.8, 4) is 0 Å². The van der Waals surface area contributed by atoms with Crippen LogP contribution in [0.15, 0.2) is 34.7 Å². The Morgan fingerprint density at radius 2 is 1.89 bits per heavy atom. The van der Waals surface area contributed by atoms with Gasteiger partial charge in [0.1, 0.15) is 11.5 Å². The number of nitrogens with two attached hydrogens (primary N) is 1. The van der Waals surface area contributed by atoms with E-state index in [1.165, 1.54) is 16.7 Å².